The van der Waals surface area contributed by atoms with Crippen molar-refractivity contribution in [1.82, 2.24) is 9.97 Å². The summed E-state index contributed by atoms with van der Waals surface area (Å²) >= 11 is 0. The van der Waals surface area contributed by atoms with E-state index in [0.29, 0.717) is 19.0 Å². The van der Waals surface area contributed by atoms with Crippen LogP contribution < -0.4 is 10.1 Å². The molecular formula is C15H17N3O3. The molecule has 0 amide bonds. The third kappa shape index (κ3) is 3.92. The summed E-state index contributed by atoms with van der Waals surface area (Å²) in [5.74, 6) is 0.814. The molecule has 1 heterocycles. The normalized spacial score (nSPS) is 10.0. The molecule has 0 saturated carbocycles. The molecule has 1 N–H and O–H groups in total. The number of aromatic nitrogens is 2. The van der Waals surface area contributed by atoms with E-state index in [4.69, 9.17) is 4.74 Å². The maximum absolute atomic E-state index is 11.4. The number of methoxy groups -OCH3 is 1. The molecule has 0 unspecified atom stereocenters. The van der Waals surface area contributed by atoms with E-state index in [1.54, 1.807) is 6.20 Å². The van der Waals surface area contributed by atoms with Gasteiger partial charge >= 0.3 is 5.97 Å². The molecule has 21 heavy (non-hydrogen) atoms. The summed E-state index contributed by atoms with van der Waals surface area (Å²) in [6, 6.07) is 7.74. The molecule has 0 aliphatic heterocycles. The van der Waals surface area contributed by atoms with E-state index < -0.39 is 5.97 Å². The fourth-order valence-corrected chi connectivity index (χ4v) is 1.79. The highest BCUT2D eigenvalue weighted by atomic mass is 16.5. The Morgan fingerprint density at radius 1 is 1.29 bits per heavy atom. The van der Waals surface area contributed by atoms with Crippen molar-refractivity contribution >= 4 is 11.8 Å². The van der Waals surface area contributed by atoms with Crippen molar-refractivity contribution in [3.63, 3.8) is 0 Å². The van der Waals surface area contributed by atoms with Gasteiger partial charge in [0.25, 0.3) is 0 Å². The fourth-order valence-electron chi connectivity index (χ4n) is 1.79. The van der Waals surface area contributed by atoms with Crippen LogP contribution in [0.4, 0.5) is 5.82 Å². The number of nitrogens with zero attached hydrogens (tertiary/aromatic N) is 2. The lowest BCUT2D eigenvalue weighted by Crippen LogP contribution is -2.09. The van der Waals surface area contributed by atoms with Gasteiger partial charge in [-0.1, -0.05) is 18.2 Å². The maximum atomic E-state index is 11.4. The van der Waals surface area contributed by atoms with Gasteiger partial charge in [-0.3, -0.25) is 4.98 Å². The van der Waals surface area contributed by atoms with Crippen molar-refractivity contribution in [3.05, 3.63) is 47.9 Å². The lowest BCUT2D eigenvalue weighted by Gasteiger charge is -2.11. The van der Waals surface area contributed by atoms with Crippen molar-refractivity contribution in [2.45, 2.75) is 13.5 Å². The van der Waals surface area contributed by atoms with Gasteiger partial charge in [0, 0.05) is 12.1 Å². The van der Waals surface area contributed by atoms with Gasteiger partial charge in [-0.05, 0) is 13.0 Å². The number of carbonyl (C=O) groups is 1. The minimum absolute atomic E-state index is 0.167. The van der Waals surface area contributed by atoms with Crippen LogP contribution in [0.1, 0.15) is 23.0 Å². The largest absolute Gasteiger partial charge is 0.494 e. The summed E-state index contributed by atoms with van der Waals surface area (Å²) in [5, 5.41) is 3.12. The van der Waals surface area contributed by atoms with Crippen molar-refractivity contribution in [1.29, 1.82) is 0 Å². The monoisotopic (exact) mass is 287 g/mol. The van der Waals surface area contributed by atoms with Crippen LogP contribution in [-0.4, -0.2) is 29.7 Å². The highest BCUT2D eigenvalue weighted by Crippen LogP contribution is 2.19. The number of ether oxygens (including phenoxy) is 2. The number of esters is 1. The molecule has 0 aliphatic carbocycles. The van der Waals surface area contributed by atoms with Gasteiger partial charge < -0.3 is 14.8 Å². The molecule has 0 aliphatic rings. The molecule has 0 bridgehead atoms. The Balaban J connectivity index is 2.08. The molecule has 0 saturated heterocycles. The first kappa shape index (κ1) is 14.8. The zero-order valence-corrected chi connectivity index (χ0v) is 12.0. The first-order valence-electron chi connectivity index (χ1n) is 6.59. The van der Waals surface area contributed by atoms with Crippen molar-refractivity contribution < 1.29 is 14.3 Å². The van der Waals surface area contributed by atoms with Gasteiger partial charge in [0.15, 0.2) is 5.69 Å². The van der Waals surface area contributed by atoms with Crippen LogP contribution in [-0.2, 0) is 11.3 Å². The minimum Gasteiger partial charge on any atom is -0.494 e. The second-order valence-corrected chi connectivity index (χ2v) is 4.18. The second kappa shape index (κ2) is 7.23. The van der Waals surface area contributed by atoms with Crippen molar-refractivity contribution in [2.24, 2.45) is 0 Å². The number of para-hydroxylation sites is 1. The summed E-state index contributed by atoms with van der Waals surface area (Å²) < 4.78 is 10.2. The molecule has 6 heteroatoms. The van der Waals surface area contributed by atoms with Crippen LogP contribution in [0.3, 0.4) is 0 Å². The molecule has 2 aromatic rings. The molecule has 0 atom stereocenters. The third-order valence-corrected chi connectivity index (χ3v) is 2.76. The van der Waals surface area contributed by atoms with Gasteiger partial charge in [0.2, 0.25) is 0 Å². The van der Waals surface area contributed by atoms with Crippen LogP contribution in [0, 0.1) is 0 Å². The summed E-state index contributed by atoms with van der Waals surface area (Å²) in [6.45, 7) is 3.07. The third-order valence-electron chi connectivity index (χ3n) is 2.76. The standard InChI is InChI=1S/C15H17N3O3/c1-3-21-13-7-5-4-6-11(13)8-17-14-10-16-9-12(18-14)15(19)20-2/h4-7,9-10H,3,8H2,1-2H3,(H,17,18). The zero-order chi connectivity index (χ0) is 15.1. The molecule has 1 aromatic heterocycles. The van der Waals surface area contributed by atoms with Gasteiger partial charge in [0.05, 0.1) is 26.1 Å². The van der Waals surface area contributed by atoms with Crippen molar-refractivity contribution in [3.8, 4) is 5.75 Å². The Labute approximate surface area is 123 Å². The van der Waals surface area contributed by atoms with E-state index in [-0.39, 0.29) is 5.69 Å². The Morgan fingerprint density at radius 3 is 2.86 bits per heavy atom. The molecule has 0 radical (unpaired) electrons. The molecule has 1 aromatic carbocycles. The predicted octanol–water partition coefficient (Wildman–Crippen LogP) is 2.27. The van der Waals surface area contributed by atoms with E-state index in [0.717, 1.165) is 11.3 Å². The molecule has 0 fully saturated rings. The van der Waals surface area contributed by atoms with E-state index in [1.165, 1.54) is 13.3 Å². The summed E-state index contributed by atoms with van der Waals surface area (Å²) in [7, 11) is 1.31. The van der Waals surface area contributed by atoms with Gasteiger partial charge in [0.1, 0.15) is 11.6 Å². The van der Waals surface area contributed by atoms with Gasteiger partial charge in [-0.15, -0.1) is 0 Å². The minimum atomic E-state index is -0.513. The van der Waals surface area contributed by atoms with Gasteiger partial charge in [-0.25, -0.2) is 9.78 Å². The topological polar surface area (TPSA) is 73.3 Å². The average molecular weight is 287 g/mol. The summed E-state index contributed by atoms with van der Waals surface area (Å²) in [4.78, 5) is 19.5. The summed E-state index contributed by atoms with van der Waals surface area (Å²) in [5.41, 5.74) is 1.17. The summed E-state index contributed by atoms with van der Waals surface area (Å²) in [6.07, 6.45) is 2.92. The number of rotatable bonds is 6. The number of hydrogen-bond acceptors (Lipinski definition) is 6. The van der Waals surface area contributed by atoms with E-state index >= 15 is 0 Å². The highest BCUT2D eigenvalue weighted by molar-refractivity contribution is 5.87. The number of hydrogen-bond donors (Lipinski definition) is 1. The molecule has 0 spiro atoms. The van der Waals surface area contributed by atoms with Crippen LogP contribution >= 0.6 is 0 Å². The number of carbonyl (C=O) groups excluding carboxylic acids is 1. The predicted molar refractivity (Wildman–Crippen MR) is 78.3 cm³/mol. The lowest BCUT2D eigenvalue weighted by atomic mass is 10.2. The maximum Gasteiger partial charge on any atom is 0.358 e. The lowest BCUT2D eigenvalue weighted by molar-refractivity contribution is 0.0593. The van der Waals surface area contributed by atoms with E-state index in [2.05, 4.69) is 20.0 Å². The second-order valence-electron chi connectivity index (χ2n) is 4.18. The number of anilines is 1. The van der Waals surface area contributed by atoms with Crippen LogP contribution in [0.25, 0.3) is 0 Å². The smallest absolute Gasteiger partial charge is 0.358 e. The first-order valence-corrected chi connectivity index (χ1v) is 6.59. The molecule has 2 rings (SSSR count). The average Bonchev–Trinajstić information content (AvgIpc) is 2.54. The van der Waals surface area contributed by atoms with Crippen LogP contribution in [0.2, 0.25) is 0 Å². The highest BCUT2D eigenvalue weighted by Gasteiger charge is 2.09. The Kier molecular flexibility index (Phi) is 5.09. The van der Waals surface area contributed by atoms with E-state index in [1.807, 2.05) is 31.2 Å². The first-order chi connectivity index (χ1) is 10.2. The Morgan fingerprint density at radius 2 is 2.10 bits per heavy atom. The molecule has 6 nitrogen and oxygen atoms in total. The van der Waals surface area contributed by atoms with Crippen molar-refractivity contribution in [2.75, 3.05) is 19.0 Å². The Hall–Kier alpha value is -2.63. The molecular weight excluding hydrogens is 270 g/mol. The number of nitrogens with one attached hydrogen (secondary N) is 1. The SMILES string of the molecule is CCOc1ccccc1CNc1cncc(C(=O)OC)n1. The quantitative estimate of drug-likeness (QED) is 0.822. The van der Waals surface area contributed by atoms with E-state index in [9.17, 15) is 4.79 Å². The number of benzene rings is 1. The molecule has 110 valence electrons. The fraction of sp³-hybridized carbons (Fsp3) is 0.267. The van der Waals surface area contributed by atoms with Crippen LogP contribution in [0.15, 0.2) is 36.7 Å². The van der Waals surface area contributed by atoms with Crippen LogP contribution in [0.5, 0.6) is 5.75 Å². The zero-order valence-electron chi connectivity index (χ0n) is 12.0. The Bertz CT molecular complexity index is 617. The van der Waals surface area contributed by atoms with Gasteiger partial charge in [-0.2, -0.15) is 0 Å².